The fraction of sp³-hybridized carbons (Fsp3) is 0.667. The third-order valence-electron chi connectivity index (χ3n) is 4.57. The number of hydrogen-bond donors (Lipinski definition) is 1. The fourth-order valence-electron chi connectivity index (χ4n) is 3.01. The number of nitrogens with zero attached hydrogens (tertiary/aromatic N) is 1. The number of nitrogens with two attached hydrogens (primary N) is 1. The summed E-state index contributed by atoms with van der Waals surface area (Å²) in [7, 11) is 0. The molecule has 0 aromatic heterocycles. The highest BCUT2D eigenvalue weighted by atomic mass is 19.1. The van der Waals surface area contributed by atoms with Gasteiger partial charge >= 0.3 is 0 Å². The van der Waals surface area contributed by atoms with Crippen molar-refractivity contribution in [1.29, 1.82) is 0 Å². The van der Waals surface area contributed by atoms with Crippen molar-refractivity contribution in [3.63, 3.8) is 0 Å². The Bertz CT molecular complexity index is 439. The van der Waals surface area contributed by atoms with Crippen LogP contribution in [0.15, 0.2) is 24.3 Å². The summed E-state index contributed by atoms with van der Waals surface area (Å²) in [5, 5.41) is 0. The smallest absolute Gasteiger partial charge is 0.123 e. The molecule has 0 bridgehead atoms. The fourth-order valence-corrected chi connectivity index (χ4v) is 3.01. The molecule has 1 aromatic rings. The van der Waals surface area contributed by atoms with Crippen molar-refractivity contribution >= 4 is 0 Å². The van der Waals surface area contributed by atoms with Crippen LogP contribution < -0.4 is 5.73 Å². The Morgan fingerprint density at radius 2 is 1.90 bits per heavy atom. The van der Waals surface area contributed by atoms with Crippen molar-refractivity contribution in [1.82, 2.24) is 4.90 Å². The van der Waals surface area contributed by atoms with Gasteiger partial charge in [-0.1, -0.05) is 26.0 Å². The van der Waals surface area contributed by atoms with E-state index in [1.165, 1.54) is 24.8 Å². The molecular weight excluding hydrogens is 263 g/mol. The zero-order chi connectivity index (χ0) is 15.5. The summed E-state index contributed by atoms with van der Waals surface area (Å²) >= 11 is 0. The van der Waals surface area contributed by atoms with Gasteiger partial charge in [-0.3, -0.25) is 4.90 Å². The molecule has 0 saturated heterocycles. The normalized spacial score (nSPS) is 18.2. The van der Waals surface area contributed by atoms with Gasteiger partial charge in [-0.25, -0.2) is 4.39 Å². The molecule has 2 nitrogen and oxygen atoms in total. The van der Waals surface area contributed by atoms with Gasteiger partial charge in [0.05, 0.1) is 0 Å². The van der Waals surface area contributed by atoms with Crippen molar-refractivity contribution in [2.45, 2.75) is 58.0 Å². The molecular formula is C18H29FN2. The number of halogens is 1. The lowest BCUT2D eigenvalue weighted by Crippen LogP contribution is -2.54. The Kier molecular flexibility index (Phi) is 5.39. The summed E-state index contributed by atoms with van der Waals surface area (Å²) in [5.41, 5.74) is 7.27. The van der Waals surface area contributed by atoms with E-state index >= 15 is 0 Å². The van der Waals surface area contributed by atoms with E-state index in [9.17, 15) is 4.39 Å². The zero-order valence-corrected chi connectivity index (χ0v) is 13.6. The van der Waals surface area contributed by atoms with Crippen LogP contribution in [0, 0.1) is 11.7 Å². The number of hydrogen-bond acceptors (Lipinski definition) is 2. The standard InChI is InChI=1S/C18H29FN2/c1-14(2)10-11-21(17-8-9-17)18(3,13-20)12-15-4-6-16(19)7-5-15/h4-7,14,17H,8-13,20H2,1-3H3. The molecule has 2 rings (SSSR count). The molecule has 0 amide bonds. The Balaban J connectivity index is 2.10. The van der Waals surface area contributed by atoms with E-state index in [1.54, 1.807) is 12.1 Å². The molecule has 3 heteroatoms. The number of benzene rings is 1. The monoisotopic (exact) mass is 292 g/mol. The molecule has 1 aliphatic carbocycles. The van der Waals surface area contributed by atoms with Gasteiger partial charge in [0.25, 0.3) is 0 Å². The highest BCUT2D eigenvalue weighted by Crippen LogP contribution is 2.34. The molecule has 1 saturated carbocycles. The summed E-state index contributed by atoms with van der Waals surface area (Å²) in [6, 6.07) is 7.55. The molecule has 0 heterocycles. The average molecular weight is 292 g/mol. The molecule has 1 unspecified atom stereocenters. The molecule has 1 aromatic carbocycles. The lowest BCUT2D eigenvalue weighted by molar-refractivity contribution is 0.0944. The molecule has 0 radical (unpaired) electrons. The maximum absolute atomic E-state index is 13.1. The van der Waals surface area contributed by atoms with Gasteiger partial charge in [0.1, 0.15) is 5.82 Å². The second-order valence-electron chi connectivity index (χ2n) is 7.11. The lowest BCUT2D eigenvalue weighted by Gasteiger charge is -2.42. The van der Waals surface area contributed by atoms with E-state index in [1.807, 2.05) is 12.1 Å². The van der Waals surface area contributed by atoms with E-state index in [2.05, 4.69) is 25.7 Å². The van der Waals surface area contributed by atoms with Gasteiger partial charge in [0, 0.05) is 18.1 Å². The van der Waals surface area contributed by atoms with Gasteiger partial charge in [-0.05, 0) is 62.8 Å². The molecule has 1 atom stereocenters. The molecule has 21 heavy (non-hydrogen) atoms. The SMILES string of the molecule is CC(C)CCN(C1CC1)C(C)(CN)Cc1ccc(F)cc1. The maximum Gasteiger partial charge on any atom is 0.123 e. The van der Waals surface area contributed by atoms with Gasteiger partial charge in [-0.15, -0.1) is 0 Å². The highest BCUT2D eigenvalue weighted by Gasteiger charge is 2.40. The quantitative estimate of drug-likeness (QED) is 0.793. The van der Waals surface area contributed by atoms with Crippen LogP contribution in [0.1, 0.15) is 45.6 Å². The van der Waals surface area contributed by atoms with Crippen LogP contribution in [0.5, 0.6) is 0 Å². The maximum atomic E-state index is 13.1. The third kappa shape index (κ3) is 4.52. The Morgan fingerprint density at radius 3 is 2.38 bits per heavy atom. The van der Waals surface area contributed by atoms with Gasteiger partial charge in [0.15, 0.2) is 0 Å². The first kappa shape index (κ1) is 16.4. The topological polar surface area (TPSA) is 29.3 Å². The van der Waals surface area contributed by atoms with Crippen molar-refractivity contribution < 1.29 is 4.39 Å². The van der Waals surface area contributed by atoms with Crippen LogP contribution in [-0.4, -0.2) is 29.6 Å². The third-order valence-corrected chi connectivity index (χ3v) is 4.57. The predicted octanol–water partition coefficient (Wildman–Crippen LogP) is 3.60. The minimum absolute atomic E-state index is 0.0338. The molecule has 118 valence electrons. The van der Waals surface area contributed by atoms with Gasteiger partial charge in [-0.2, -0.15) is 0 Å². The summed E-state index contributed by atoms with van der Waals surface area (Å²) in [6.45, 7) is 8.54. The molecule has 0 spiro atoms. The summed E-state index contributed by atoms with van der Waals surface area (Å²) in [6.07, 6.45) is 4.67. The van der Waals surface area contributed by atoms with Crippen molar-refractivity contribution in [2.24, 2.45) is 11.7 Å². The van der Waals surface area contributed by atoms with E-state index in [0.717, 1.165) is 13.0 Å². The second-order valence-corrected chi connectivity index (χ2v) is 7.11. The molecule has 2 N–H and O–H groups in total. The van der Waals surface area contributed by atoms with Crippen LogP contribution in [0.3, 0.4) is 0 Å². The first-order chi connectivity index (χ1) is 9.94. The largest absolute Gasteiger partial charge is 0.329 e. The van der Waals surface area contributed by atoms with Crippen LogP contribution in [0.25, 0.3) is 0 Å². The molecule has 0 aliphatic heterocycles. The van der Waals surface area contributed by atoms with E-state index in [-0.39, 0.29) is 11.4 Å². The highest BCUT2D eigenvalue weighted by molar-refractivity contribution is 5.19. The molecule has 1 aliphatic rings. The lowest BCUT2D eigenvalue weighted by atomic mass is 9.90. The second kappa shape index (κ2) is 6.89. The molecule has 1 fully saturated rings. The summed E-state index contributed by atoms with van der Waals surface area (Å²) < 4.78 is 13.1. The van der Waals surface area contributed by atoms with Crippen molar-refractivity contribution in [2.75, 3.05) is 13.1 Å². The van der Waals surface area contributed by atoms with E-state index in [0.29, 0.717) is 18.5 Å². The zero-order valence-electron chi connectivity index (χ0n) is 13.6. The van der Waals surface area contributed by atoms with E-state index in [4.69, 9.17) is 5.73 Å². The van der Waals surface area contributed by atoms with Gasteiger partial charge in [0.2, 0.25) is 0 Å². The summed E-state index contributed by atoms with van der Waals surface area (Å²) in [4.78, 5) is 2.61. The van der Waals surface area contributed by atoms with Crippen LogP contribution >= 0.6 is 0 Å². The van der Waals surface area contributed by atoms with Crippen LogP contribution in [0.2, 0.25) is 0 Å². The minimum atomic E-state index is -0.174. The van der Waals surface area contributed by atoms with Gasteiger partial charge < -0.3 is 5.73 Å². The first-order valence-electron chi connectivity index (χ1n) is 8.16. The Morgan fingerprint density at radius 1 is 1.29 bits per heavy atom. The number of rotatable bonds is 8. The average Bonchev–Trinajstić information content (AvgIpc) is 3.26. The van der Waals surface area contributed by atoms with E-state index < -0.39 is 0 Å². The first-order valence-corrected chi connectivity index (χ1v) is 8.16. The summed E-state index contributed by atoms with van der Waals surface area (Å²) in [5.74, 6) is 0.533. The van der Waals surface area contributed by atoms with Crippen molar-refractivity contribution in [3.8, 4) is 0 Å². The minimum Gasteiger partial charge on any atom is -0.329 e. The predicted molar refractivity (Wildman–Crippen MR) is 86.7 cm³/mol. The Hall–Kier alpha value is -0.930. The Labute approximate surface area is 128 Å². The van der Waals surface area contributed by atoms with Crippen LogP contribution in [-0.2, 0) is 6.42 Å². The van der Waals surface area contributed by atoms with Crippen molar-refractivity contribution in [3.05, 3.63) is 35.6 Å². The van der Waals surface area contributed by atoms with Crippen LogP contribution in [0.4, 0.5) is 4.39 Å².